The number of furan rings is 1. The summed E-state index contributed by atoms with van der Waals surface area (Å²) in [5.74, 6) is 1.83. The summed E-state index contributed by atoms with van der Waals surface area (Å²) in [6, 6.07) is 63.3. The van der Waals surface area contributed by atoms with E-state index in [1.807, 2.05) is 72.0 Å². The number of aromatic nitrogens is 4. The van der Waals surface area contributed by atoms with Gasteiger partial charge in [0.05, 0.1) is 10.2 Å². The molecule has 4 aromatic heterocycles. The molecular weight excluding hydrogens is 761 g/mol. The smallest absolute Gasteiger partial charge is 0.164 e. The Balaban J connectivity index is 0.956. The highest BCUT2D eigenvalue weighted by Crippen LogP contribution is 2.43. The molecule has 0 bridgehead atoms. The van der Waals surface area contributed by atoms with Gasteiger partial charge in [0.1, 0.15) is 16.2 Å². The summed E-state index contributed by atoms with van der Waals surface area (Å²) in [4.78, 5) is 20.4. The molecule has 276 valence electrons. The maximum Gasteiger partial charge on any atom is 0.164 e. The normalized spacial score (nSPS) is 11.7. The molecule has 0 aliphatic heterocycles. The zero-order valence-corrected chi connectivity index (χ0v) is 33.0. The van der Waals surface area contributed by atoms with Gasteiger partial charge >= 0.3 is 0 Å². The predicted octanol–water partition coefficient (Wildman–Crippen LogP) is 14.8. The maximum absolute atomic E-state index is 6.25. The number of thiophene rings is 1. The van der Waals surface area contributed by atoms with E-state index < -0.39 is 0 Å². The van der Waals surface area contributed by atoms with E-state index in [2.05, 4.69) is 121 Å². The molecule has 0 saturated heterocycles. The lowest BCUT2D eigenvalue weighted by atomic mass is 10.00. The zero-order chi connectivity index (χ0) is 38.9. The largest absolute Gasteiger partial charge is 0.456 e. The van der Waals surface area contributed by atoms with Crippen molar-refractivity contribution in [3.8, 4) is 67.0 Å². The van der Waals surface area contributed by atoms with Gasteiger partial charge in [-0.15, -0.1) is 22.7 Å². The van der Waals surface area contributed by atoms with Gasteiger partial charge in [0, 0.05) is 53.2 Å². The lowest BCUT2D eigenvalue weighted by Crippen LogP contribution is -2.00. The predicted molar refractivity (Wildman–Crippen MR) is 246 cm³/mol. The summed E-state index contributed by atoms with van der Waals surface area (Å²) in [6.07, 6.45) is 0. The zero-order valence-electron chi connectivity index (χ0n) is 31.3. The Labute approximate surface area is 346 Å². The first-order valence-electron chi connectivity index (χ1n) is 19.4. The molecule has 0 fully saturated rings. The van der Waals surface area contributed by atoms with E-state index in [9.17, 15) is 0 Å². The molecule has 0 spiro atoms. The number of nitrogens with zero attached hydrogens (tertiary/aromatic N) is 4. The van der Waals surface area contributed by atoms with Gasteiger partial charge in [-0.2, -0.15) is 0 Å². The van der Waals surface area contributed by atoms with Crippen molar-refractivity contribution in [2.75, 3.05) is 0 Å². The van der Waals surface area contributed by atoms with E-state index in [0.717, 1.165) is 60.3 Å². The molecule has 7 heteroatoms. The minimum absolute atomic E-state index is 0.601. The van der Waals surface area contributed by atoms with E-state index in [1.165, 1.54) is 41.6 Å². The first-order valence-corrected chi connectivity index (χ1v) is 21.1. The molecule has 59 heavy (non-hydrogen) atoms. The summed E-state index contributed by atoms with van der Waals surface area (Å²) in [6.45, 7) is 0. The molecule has 0 saturated carbocycles. The molecule has 0 N–H and O–H groups in total. The summed E-state index contributed by atoms with van der Waals surface area (Å²) >= 11 is 3.58. The van der Waals surface area contributed by atoms with Gasteiger partial charge in [-0.25, -0.2) is 19.9 Å². The monoisotopic (exact) mass is 790 g/mol. The van der Waals surface area contributed by atoms with Gasteiger partial charge in [-0.3, -0.25) is 0 Å². The van der Waals surface area contributed by atoms with Crippen molar-refractivity contribution in [2.45, 2.75) is 0 Å². The average Bonchev–Trinajstić information content (AvgIpc) is 4.02. The molecule has 12 rings (SSSR count). The fraction of sp³-hybridized carbons (Fsp3) is 0. The third kappa shape index (κ3) is 5.82. The van der Waals surface area contributed by atoms with Crippen LogP contribution in [0.3, 0.4) is 0 Å². The van der Waals surface area contributed by atoms with Crippen LogP contribution in [0, 0.1) is 0 Å². The lowest BCUT2D eigenvalue weighted by Gasteiger charge is -2.10. The van der Waals surface area contributed by atoms with Crippen molar-refractivity contribution in [3.63, 3.8) is 0 Å². The van der Waals surface area contributed by atoms with Crippen LogP contribution in [0.1, 0.15) is 0 Å². The first kappa shape index (κ1) is 33.8. The second-order valence-electron chi connectivity index (χ2n) is 14.6. The number of fused-ring (bicyclic) bond motifs is 7. The molecule has 0 aliphatic rings. The molecule has 5 nitrogen and oxygen atoms in total. The molecular formula is C52H30N4OS2. The van der Waals surface area contributed by atoms with E-state index in [4.69, 9.17) is 24.4 Å². The molecule has 0 atom stereocenters. The van der Waals surface area contributed by atoms with E-state index in [0.29, 0.717) is 17.5 Å². The van der Waals surface area contributed by atoms with Crippen LogP contribution in [0.5, 0.6) is 0 Å². The summed E-state index contributed by atoms with van der Waals surface area (Å²) < 4.78 is 9.93. The first-order chi connectivity index (χ1) is 29.2. The van der Waals surface area contributed by atoms with Gasteiger partial charge < -0.3 is 4.42 Å². The minimum atomic E-state index is 0.601. The Morgan fingerprint density at radius 2 is 1.02 bits per heavy atom. The van der Waals surface area contributed by atoms with Gasteiger partial charge in [0.2, 0.25) is 0 Å². The van der Waals surface area contributed by atoms with Crippen LogP contribution in [0.15, 0.2) is 186 Å². The van der Waals surface area contributed by atoms with Crippen molar-refractivity contribution in [1.82, 2.24) is 19.9 Å². The Morgan fingerprint density at radius 1 is 0.356 bits per heavy atom. The van der Waals surface area contributed by atoms with Crippen molar-refractivity contribution in [1.29, 1.82) is 0 Å². The Bertz CT molecular complexity index is 3570. The third-order valence-corrected chi connectivity index (χ3v) is 13.3. The van der Waals surface area contributed by atoms with Gasteiger partial charge in [-0.05, 0) is 64.7 Å². The average molecular weight is 791 g/mol. The van der Waals surface area contributed by atoms with E-state index in [-0.39, 0.29) is 0 Å². The molecule has 8 aromatic carbocycles. The molecule has 0 amide bonds. The molecule has 0 radical (unpaired) electrons. The van der Waals surface area contributed by atoms with E-state index in [1.54, 1.807) is 11.3 Å². The fourth-order valence-corrected chi connectivity index (χ4v) is 10.4. The maximum atomic E-state index is 6.25. The van der Waals surface area contributed by atoms with Gasteiger partial charge in [0.15, 0.2) is 17.5 Å². The number of hydrogen-bond donors (Lipinski definition) is 0. The number of rotatable bonds is 6. The number of thiazole rings is 1. The van der Waals surface area contributed by atoms with Crippen LogP contribution in [0.4, 0.5) is 0 Å². The molecule has 0 aliphatic carbocycles. The third-order valence-electron chi connectivity index (χ3n) is 11.0. The van der Waals surface area contributed by atoms with E-state index >= 15 is 0 Å². The lowest BCUT2D eigenvalue weighted by molar-refractivity contribution is 0.669. The Hall–Kier alpha value is -7.32. The highest BCUT2D eigenvalue weighted by atomic mass is 32.1. The number of para-hydroxylation sites is 1. The van der Waals surface area contributed by atoms with Crippen LogP contribution in [-0.4, -0.2) is 19.9 Å². The number of benzene rings is 8. The Morgan fingerprint density at radius 3 is 1.90 bits per heavy atom. The summed E-state index contributed by atoms with van der Waals surface area (Å²) in [5, 5.41) is 5.52. The molecule has 4 heterocycles. The minimum Gasteiger partial charge on any atom is -0.456 e. The van der Waals surface area contributed by atoms with Crippen LogP contribution < -0.4 is 0 Å². The van der Waals surface area contributed by atoms with Crippen LogP contribution in [-0.2, 0) is 0 Å². The Kier molecular flexibility index (Phi) is 7.82. The van der Waals surface area contributed by atoms with Crippen LogP contribution in [0.2, 0.25) is 0 Å². The highest BCUT2D eigenvalue weighted by Gasteiger charge is 2.19. The summed E-state index contributed by atoms with van der Waals surface area (Å²) in [5.41, 5.74) is 11.2. The second kappa shape index (κ2) is 13.7. The quantitative estimate of drug-likeness (QED) is 0.168. The van der Waals surface area contributed by atoms with Crippen molar-refractivity contribution < 1.29 is 4.42 Å². The van der Waals surface area contributed by atoms with Crippen molar-refractivity contribution in [3.05, 3.63) is 182 Å². The summed E-state index contributed by atoms with van der Waals surface area (Å²) in [7, 11) is 0. The van der Waals surface area contributed by atoms with Crippen LogP contribution in [0.25, 0.3) is 119 Å². The van der Waals surface area contributed by atoms with Crippen molar-refractivity contribution >= 4 is 75.0 Å². The van der Waals surface area contributed by atoms with Gasteiger partial charge in [-0.1, -0.05) is 140 Å². The molecule has 12 aromatic rings. The van der Waals surface area contributed by atoms with Crippen LogP contribution >= 0.6 is 22.7 Å². The van der Waals surface area contributed by atoms with Crippen molar-refractivity contribution in [2.24, 2.45) is 0 Å². The fourth-order valence-electron chi connectivity index (χ4n) is 8.15. The highest BCUT2D eigenvalue weighted by molar-refractivity contribution is 7.26. The SMILES string of the molecule is c1ccc(-c2ccc3nc(-c4ccc5sc6c(-c7cccc(-c8nc(-c9ccccc9)nc(-c9cccc%10oc%11ccccc%11c9%10)n8)c7)cccc6c5c4)sc3c2)cc1. The number of hydrogen-bond acceptors (Lipinski definition) is 7. The second-order valence-corrected chi connectivity index (χ2v) is 16.7. The standard InChI is InChI=1S/C52H30N4OS2/c1-3-12-31(13-4-1)33-24-26-42-46(30-33)59-52(53-42)36-25-27-45-41(29-36)38-20-10-19-37(48(38)58-45)34-16-9-17-35(28-34)50-54-49(32-14-5-2-6-15-32)55-51(56-50)40-21-11-23-44-47(40)39-18-7-8-22-43(39)57-44/h1-30H. The molecule has 0 unspecified atom stereocenters. The van der Waals surface area contributed by atoms with Gasteiger partial charge in [0.25, 0.3) is 0 Å². The topological polar surface area (TPSA) is 64.7 Å².